The van der Waals surface area contributed by atoms with Crippen molar-refractivity contribution >= 4 is 5.97 Å². The predicted octanol–water partition coefficient (Wildman–Crippen LogP) is 3.18. The van der Waals surface area contributed by atoms with Crippen molar-refractivity contribution in [2.24, 2.45) is 5.92 Å². The highest BCUT2D eigenvalue weighted by molar-refractivity contribution is 5.91. The van der Waals surface area contributed by atoms with Crippen LogP contribution in [0.5, 0.6) is 5.75 Å². The Morgan fingerprint density at radius 3 is 2.35 bits per heavy atom. The van der Waals surface area contributed by atoms with E-state index in [9.17, 15) is 4.79 Å². The fourth-order valence-electron chi connectivity index (χ4n) is 2.22. The van der Waals surface area contributed by atoms with Gasteiger partial charge in [0.15, 0.2) is 0 Å². The van der Waals surface area contributed by atoms with Crippen molar-refractivity contribution < 1.29 is 14.6 Å². The van der Waals surface area contributed by atoms with Gasteiger partial charge in [-0.3, -0.25) is 0 Å². The first-order valence-corrected chi connectivity index (χ1v) is 6.05. The van der Waals surface area contributed by atoms with E-state index in [1.165, 1.54) is 19.3 Å². The molecule has 0 heterocycles. The quantitative estimate of drug-likeness (QED) is 0.870. The second kappa shape index (κ2) is 4.78. The average molecular weight is 234 g/mol. The lowest BCUT2D eigenvalue weighted by atomic mass is 9.86. The highest BCUT2D eigenvalue weighted by Gasteiger charge is 2.18. The van der Waals surface area contributed by atoms with E-state index in [4.69, 9.17) is 9.84 Å². The Morgan fingerprint density at radius 2 is 1.94 bits per heavy atom. The van der Waals surface area contributed by atoms with Crippen LogP contribution in [0, 0.1) is 19.8 Å². The zero-order chi connectivity index (χ0) is 12.4. The van der Waals surface area contributed by atoms with Crippen molar-refractivity contribution in [1.29, 1.82) is 0 Å². The van der Waals surface area contributed by atoms with E-state index in [0.717, 1.165) is 23.5 Å². The van der Waals surface area contributed by atoms with Crippen molar-refractivity contribution in [1.82, 2.24) is 0 Å². The standard InChI is InChI=1S/C14H18O3/c1-9-6-12(17-8-11-4-3-5-11)7-10(2)13(9)14(15)16/h6-7,11H,3-5,8H2,1-2H3,(H,15,16). The maximum Gasteiger partial charge on any atom is 0.336 e. The zero-order valence-electron chi connectivity index (χ0n) is 10.3. The molecular weight excluding hydrogens is 216 g/mol. The Bertz CT molecular complexity index is 410. The molecule has 0 saturated heterocycles. The van der Waals surface area contributed by atoms with Gasteiger partial charge in [0.2, 0.25) is 0 Å². The van der Waals surface area contributed by atoms with Crippen LogP contribution in [0.15, 0.2) is 12.1 Å². The molecule has 2 rings (SSSR count). The van der Waals surface area contributed by atoms with Gasteiger partial charge in [-0.05, 0) is 55.9 Å². The Balaban J connectivity index is 2.10. The molecule has 0 unspecified atom stereocenters. The Morgan fingerprint density at radius 1 is 1.35 bits per heavy atom. The number of aryl methyl sites for hydroxylation is 2. The lowest BCUT2D eigenvalue weighted by Gasteiger charge is -2.25. The van der Waals surface area contributed by atoms with E-state index >= 15 is 0 Å². The third-order valence-corrected chi connectivity index (χ3v) is 3.43. The minimum absolute atomic E-state index is 0.390. The summed E-state index contributed by atoms with van der Waals surface area (Å²) in [7, 11) is 0. The number of aromatic carboxylic acids is 1. The molecule has 0 bridgehead atoms. The molecule has 1 saturated carbocycles. The van der Waals surface area contributed by atoms with Crippen LogP contribution in [0.2, 0.25) is 0 Å². The number of carboxylic acids is 1. The van der Waals surface area contributed by atoms with Gasteiger partial charge >= 0.3 is 5.97 Å². The maximum atomic E-state index is 11.0. The molecule has 1 aliphatic carbocycles. The molecule has 0 aromatic heterocycles. The Labute approximate surface area is 101 Å². The lowest BCUT2D eigenvalue weighted by molar-refractivity contribution is 0.0695. The Kier molecular flexibility index (Phi) is 3.36. The van der Waals surface area contributed by atoms with Crippen molar-refractivity contribution in [3.8, 4) is 5.75 Å². The summed E-state index contributed by atoms with van der Waals surface area (Å²) in [6.45, 7) is 4.38. The number of rotatable bonds is 4. The van der Waals surface area contributed by atoms with E-state index in [2.05, 4.69) is 0 Å². The number of carboxylic acid groups (broad SMARTS) is 1. The van der Waals surface area contributed by atoms with Gasteiger partial charge in [-0.2, -0.15) is 0 Å². The fraction of sp³-hybridized carbons (Fsp3) is 0.500. The minimum Gasteiger partial charge on any atom is -0.493 e. The van der Waals surface area contributed by atoms with Crippen molar-refractivity contribution in [2.45, 2.75) is 33.1 Å². The first-order valence-electron chi connectivity index (χ1n) is 6.05. The van der Waals surface area contributed by atoms with Gasteiger partial charge in [-0.15, -0.1) is 0 Å². The number of hydrogen-bond donors (Lipinski definition) is 1. The lowest BCUT2D eigenvalue weighted by Crippen LogP contribution is -2.19. The summed E-state index contributed by atoms with van der Waals surface area (Å²) in [6, 6.07) is 3.63. The molecule has 1 N–H and O–H groups in total. The third-order valence-electron chi connectivity index (χ3n) is 3.43. The zero-order valence-corrected chi connectivity index (χ0v) is 10.3. The van der Waals surface area contributed by atoms with Crippen molar-refractivity contribution in [3.63, 3.8) is 0 Å². The van der Waals surface area contributed by atoms with Gasteiger partial charge in [0, 0.05) is 0 Å². The highest BCUT2D eigenvalue weighted by Crippen LogP contribution is 2.28. The topological polar surface area (TPSA) is 46.5 Å². The van der Waals surface area contributed by atoms with Crippen LogP contribution in [-0.4, -0.2) is 17.7 Å². The van der Waals surface area contributed by atoms with E-state index in [-0.39, 0.29) is 0 Å². The highest BCUT2D eigenvalue weighted by atomic mass is 16.5. The minimum atomic E-state index is -0.870. The van der Waals surface area contributed by atoms with E-state index < -0.39 is 5.97 Å². The molecular formula is C14H18O3. The molecule has 17 heavy (non-hydrogen) atoms. The van der Waals surface area contributed by atoms with Crippen LogP contribution in [0.4, 0.5) is 0 Å². The summed E-state index contributed by atoms with van der Waals surface area (Å²) >= 11 is 0. The molecule has 3 heteroatoms. The Hall–Kier alpha value is -1.51. The first-order chi connectivity index (χ1) is 8.08. The molecule has 0 amide bonds. The van der Waals surface area contributed by atoms with Crippen LogP contribution < -0.4 is 4.74 Å². The van der Waals surface area contributed by atoms with Crippen LogP contribution >= 0.6 is 0 Å². The third kappa shape index (κ3) is 2.60. The van der Waals surface area contributed by atoms with Gasteiger partial charge in [0.25, 0.3) is 0 Å². The van der Waals surface area contributed by atoms with Crippen molar-refractivity contribution in [2.75, 3.05) is 6.61 Å². The number of hydrogen-bond acceptors (Lipinski definition) is 2. The summed E-state index contributed by atoms with van der Waals surface area (Å²) in [5.74, 6) is 0.609. The number of ether oxygens (including phenoxy) is 1. The summed E-state index contributed by atoms with van der Waals surface area (Å²) in [6.07, 6.45) is 3.82. The molecule has 3 nitrogen and oxygen atoms in total. The molecule has 0 spiro atoms. The van der Waals surface area contributed by atoms with Crippen molar-refractivity contribution in [3.05, 3.63) is 28.8 Å². The molecule has 0 radical (unpaired) electrons. The second-order valence-electron chi connectivity index (χ2n) is 4.85. The van der Waals surface area contributed by atoms with Crippen LogP contribution in [0.25, 0.3) is 0 Å². The number of carbonyl (C=O) groups is 1. The van der Waals surface area contributed by atoms with Gasteiger partial charge in [0.05, 0.1) is 12.2 Å². The summed E-state index contributed by atoms with van der Waals surface area (Å²) in [5.41, 5.74) is 1.92. The van der Waals surface area contributed by atoms with Crippen LogP contribution in [-0.2, 0) is 0 Å². The van der Waals surface area contributed by atoms with Gasteiger partial charge in [0.1, 0.15) is 5.75 Å². The average Bonchev–Trinajstić information content (AvgIpc) is 2.13. The molecule has 1 aliphatic rings. The van der Waals surface area contributed by atoms with E-state index in [1.54, 1.807) is 0 Å². The normalized spacial score (nSPS) is 15.4. The SMILES string of the molecule is Cc1cc(OCC2CCC2)cc(C)c1C(=O)O. The van der Waals surface area contributed by atoms with Gasteiger partial charge in [-0.25, -0.2) is 4.79 Å². The maximum absolute atomic E-state index is 11.0. The number of benzene rings is 1. The molecule has 1 aromatic carbocycles. The van der Waals surface area contributed by atoms with E-state index in [0.29, 0.717) is 11.5 Å². The monoisotopic (exact) mass is 234 g/mol. The molecule has 1 fully saturated rings. The molecule has 92 valence electrons. The molecule has 1 aromatic rings. The fourth-order valence-corrected chi connectivity index (χ4v) is 2.22. The van der Waals surface area contributed by atoms with Gasteiger partial charge < -0.3 is 9.84 Å². The van der Waals surface area contributed by atoms with Crippen LogP contribution in [0.3, 0.4) is 0 Å². The first kappa shape index (κ1) is 12.0. The van der Waals surface area contributed by atoms with Crippen LogP contribution in [0.1, 0.15) is 40.7 Å². The summed E-state index contributed by atoms with van der Waals surface area (Å²) in [4.78, 5) is 11.0. The largest absolute Gasteiger partial charge is 0.493 e. The molecule has 0 atom stereocenters. The molecule has 0 aliphatic heterocycles. The summed E-state index contributed by atoms with van der Waals surface area (Å²) < 4.78 is 5.71. The second-order valence-corrected chi connectivity index (χ2v) is 4.85. The summed E-state index contributed by atoms with van der Waals surface area (Å²) in [5, 5.41) is 9.06. The van der Waals surface area contributed by atoms with Gasteiger partial charge in [-0.1, -0.05) is 6.42 Å². The smallest absolute Gasteiger partial charge is 0.336 e. The predicted molar refractivity (Wildman–Crippen MR) is 65.7 cm³/mol. The van der Waals surface area contributed by atoms with E-state index in [1.807, 2.05) is 26.0 Å².